The van der Waals surface area contributed by atoms with Crippen molar-refractivity contribution in [1.29, 1.82) is 0 Å². The molecule has 2 atom stereocenters. The molecule has 0 spiro atoms. The van der Waals surface area contributed by atoms with Gasteiger partial charge < -0.3 is 14.8 Å². The Morgan fingerprint density at radius 3 is 2.69 bits per heavy atom. The van der Waals surface area contributed by atoms with Crippen LogP contribution in [0.3, 0.4) is 0 Å². The van der Waals surface area contributed by atoms with E-state index in [0.717, 1.165) is 19.0 Å². The van der Waals surface area contributed by atoms with Crippen LogP contribution in [0, 0.1) is 11.3 Å². The van der Waals surface area contributed by atoms with Crippen molar-refractivity contribution in [2.45, 2.75) is 70.8 Å². The minimum absolute atomic E-state index is 0.557. The second-order valence-corrected chi connectivity index (χ2v) is 10.7. The van der Waals surface area contributed by atoms with Crippen LogP contribution in [-0.4, -0.2) is 47.2 Å². The van der Waals surface area contributed by atoms with Gasteiger partial charge in [0.1, 0.15) is 5.82 Å². The van der Waals surface area contributed by atoms with E-state index in [1.807, 2.05) is 0 Å². The molecule has 29 heavy (non-hydrogen) atoms. The first-order valence-electron chi connectivity index (χ1n) is 12.0. The number of piperidine rings is 1. The number of para-hydroxylation sites is 2. The average molecular weight is 395 g/mol. The first-order valence-corrected chi connectivity index (χ1v) is 12.0. The minimum atomic E-state index is 0.557. The Balaban J connectivity index is 1.29. The number of benzene rings is 1. The van der Waals surface area contributed by atoms with E-state index in [4.69, 9.17) is 4.98 Å². The molecule has 158 valence electrons. The van der Waals surface area contributed by atoms with Crippen LogP contribution in [-0.2, 0) is 0 Å². The highest BCUT2D eigenvalue weighted by Crippen LogP contribution is 2.39. The summed E-state index contributed by atoms with van der Waals surface area (Å²) in [4.78, 5) is 7.87. The van der Waals surface area contributed by atoms with Crippen molar-refractivity contribution in [2.75, 3.05) is 32.7 Å². The van der Waals surface area contributed by atoms with Gasteiger partial charge in [0.25, 0.3) is 0 Å². The van der Waals surface area contributed by atoms with E-state index in [-0.39, 0.29) is 0 Å². The number of likely N-dealkylation sites (tertiary alicyclic amines) is 1. The molecule has 0 bridgehead atoms. The first kappa shape index (κ1) is 19.6. The summed E-state index contributed by atoms with van der Waals surface area (Å²) >= 11 is 0. The molecule has 4 nitrogen and oxygen atoms in total. The number of rotatable bonds is 4. The Labute approximate surface area is 176 Å². The van der Waals surface area contributed by atoms with Crippen LogP contribution < -0.4 is 5.32 Å². The second kappa shape index (κ2) is 8.03. The van der Waals surface area contributed by atoms with Crippen molar-refractivity contribution in [1.82, 2.24) is 19.8 Å². The maximum absolute atomic E-state index is 5.11. The van der Waals surface area contributed by atoms with Gasteiger partial charge in [0.05, 0.1) is 11.0 Å². The lowest BCUT2D eigenvalue weighted by Crippen LogP contribution is -2.40. The SMILES string of the molecule is CC1(C)CCCC(CN2CCC(n3c([C@H]4CCNC4)nc4ccccc43)CC2)C1. The summed E-state index contributed by atoms with van der Waals surface area (Å²) in [7, 11) is 0. The number of aromatic nitrogens is 2. The van der Waals surface area contributed by atoms with Crippen molar-refractivity contribution in [2.24, 2.45) is 11.3 Å². The Morgan fingerprint density at radius 2 is 1.93 bits per heavy atom. The molecule has 5 rings (SSSR count). The molecular formula is C25H38N4. The van der Waals surface area contributed by atoms with Gasteiger partial charge in [-0.1, -0.05) is 32.4 Å². The molecule has 3 fully saturated rings. The van der Waals surface area contributed by atoms with Gasteiger partial charge in [-0.25, -0.2) is 4.98 Å². The lowest BCUT2D eigenvalue weighted by molar-refractivity contribution is 0.109. The van der Waals surface area contributed by atoms with Crippen molar-refractivity contribution >= 4 is 11.0 Å². The van der Waals surface area contributed by atoms with E-state index in [2.05, 4.69) is 52.9 Å². The number of hydrogen-bond donors (Lipinski definition) is 1. The lowest BCUT2D eigenvalue weighted by atomic mass is 9.72. The van der Waals surface area contributed by atoms with Crippen molar-refractivity contribution in [3.8, 4) is 0 Å². The van der Waals surface area contributed by atoms with E-state index in [0.29, 0.717) is 17.4 Å². The predicted molar refractivity (Wildman–Crippen MR) is 120 cm³/mol. The van der Waals surface area contributed by atoms with Gasteiger partial charge in [0, 0.05) is 38.1 Å². The molecule has 1 N–H and O–H groups in total. The summed E-state index contributed by atoms with van der Waals surface area (Å²) in [6, 6.07) is 9.39. The molecule has 4 heteroatoms. The van der Waals surface area contributed by atoms with Crippen LogP contribution in [0.1, 0.15) is 76.6 Å². The molecule has 3 aliphatic rings. The summed E-state index contributed by atoms with van der Waals surface area (Å²) in [5.41, 5.74) is 3.09. The smallest absolute Gasteiger partial charge is 0.114 e. The van der Waals surface area contributed by atoms with Crippen LogP contribution in [0.2, 0.25) is 0 Å². The van der Waals surface area contributed by atoms with Crippen LogP contribution in [0.5, 0.6) is 0 Å². The van der Waals surface area contributed by atoms with Crippen LogP contribution >= 0.6 is 0 Å². The van der Waals surface area contributed by atoms with Gasteiger partial charge in [-0.3, -0.25) is 0 Å². The third-order valence-corrected chi connectivity index (χ3v) is 7.79. The van der Waals surface area contributed by atoms with Crippen molar-refractivity contribution in [3.63, 3.8) is 0 Å². The van der Waals surface area contributed by atoms with Gasteiger partial charge in [-0.05, 0) is 68.5 Å². The molecule has 1 aromatic heterocycles. The standard InChI is InChI=1S/C25H38N4/c1-25(2)12-5-6-19(16-25)18-28-14-10-21(11-15-28)29-23-8-4-3-7-22(23)27-24(29)20-9-13-26-17-20/h3-4,7-8,19-21,26H,5-6,9-18H2,1-2H3/t19?,20-/m0/s1. The van der Waals surface area contributed by atoms with Gasteiger partial charge >= 0.3 is 0 Å². The zero-order valence-corrected chi connectivity index (χ0v) is 18.4. The topological polar surface area (TPSA) is 33.1 Å². The molecule has 0 amide bonds. The van der Waals surface area contributed by atoms with Crippen molar-refractivity contribution in [3.05, 3.63) is 30.1 Å². The molecule has 1 aromatic carbocycles. The molecule has 2 aromatic rings. The predicted octanol–water partition coefficient (Wildman–Crippen LogP) is 4.97. The maximum Gasteiger partial charge on any atom is 0.114 e. The zero-order valence-electron chi connectivity index (χ0n) is 18.4. The third kappa shape index (κ3) is 4.11. The van der Waals surface area contributed by atoms with E-state index >= 15 is 0 Å². The average Bonchev–Trinajstić information content (AvgIpc) is 3.35. The fourth-order valence-corrected chi connectivity index (χ4v) is 6.35. The second-order valence-electron chi connectivity index (χ2n) is 10.7. The normalized spacial score (nSPS) is 28.9. The molecule has 2 saturated heterocycles. The fourth-order valence-electron chi connectivity index (χ4n) is 6.35. The molecule has 2 aliphatic heterocycles. The van der Waals surface area contributed by atoms with Crippen molar-refractivity contribution < 1.29 is 0 Å². The molecule has 0 radical (unpaired) electrons. The summed E-state index contributed by atoms with van der Waals surface area (Å²) in [6.07, 6.45) is 9.45. The summed E-state index contributed by atoms with van der Waals surface area (Å²) in [6.45, 7) is 11.0. The Hall–Kier alpha value is -1.39. The van der Waals surface area contributed by atoms with Crippen LogP contribution in [0.4, 0.5) is 0 Å². The number of imidazole rings is 1. The van der Waals surface area contributed by atoms with Gasteiger partial charge in [0.15, 0.2) is 0 Å². The lowest BCUT2D eigenvalue weighted by Gasteiger charge is -2.40. The number of nitrogens with one attached hydrogen (secondary N) is 1. The van der Waals surface area contributed by atoms with Crippen LogP contribution in [0.25, 0.3) is 11.0 Å². The largest absolute Gasteiger partial charge is 0.324 e. The minimum Gasteiger partial charge on any atom is -0.324 e. The number of hydrogen-bond acceptors (Lipinski definition) is 3. The maximum atomic E-state index is 5.11. The Bertz CT molecular complexity index is 824. The quantitative estimate of drug-likeness (QED) is 0.795. The van der Waals surface area contributed by atoms with Gasteiger partial charge in [0.2, 0.25) is 0 Å². The monoisotopic (exact) mass is 394 g/mol. The third-order valence-electron chi connectivity index (χ3n) is 7.79. The fraction of sp³-hybridized carbons (Fsp3) is 0.720. The Morgan fingerprint density at radius 1 is 1.10 bits per heavy atom. The zero-order chi connectivity index (χ0) is 19.8. The number of nitrogens with zero attached hydrogens (tertiary/aromatic N) is 3. The Kier molecular flexibility index (Phi) is 5.42. The molecule has 1 saturated carbocycles. The van der Waals surface area contributed by atoms with Crippen LogP contribution in [0.15, 0.2) is 24.3 Å². The van der Waals surface area contributed by atoms with E-state index < -0.39 is 0 Å². The molecule has 1 unspecified atom stereocenters. The van der Waals surface area contributed by atoms with E-state index in [9.17, 15) is 0 Å². The van der Waals surface area contributed by atoms with Gasteiger partial charge in [-0.15, -0.1) is 0 Å². The summed E-state index contributed by atoms with van der Waals surface area (Å²) in [5.74, 6) is 2.82. The summed E-state index contributed by atoms with van der Waals surface area (Å²) < 4.78 is 2.63. The molecule has 3 heterocycles. The highest BCUT2D eigenvalue weighted by Gasteiger charge is 2.32. The highest BCUT2D eigenvalue weighted by molar-refractivity contribution is 5.76. The summed E-state index contributed by atoms with van der Waals surface area (Å²) in [5, 5.41) is 3.54. The van der Waals surface area contributed by atoms with E-state index in [1.54, 1.807) is 0 Å². The van der Waals surface area contributed by atoms with Gasteiger partial charge in [-0.2, -0.15) is 0 Å². The molecular weight excluding hydrogens is 356 g/mol. The molecule has 1 aliphatic carbocycles. The number of fused-ring (bicyclic) bond motifs is 1. The highest BCUT2D eigenvalue weighted by atomic mass is 15.2. The van der Waals surface area contributed by atoms with E-state index in [1.165, 1.54) is 81.4 Å². The first-order chi connectivity index (χ1) is 14.1.